The number of nitrogens with one attached hydrogen (secondary N) is 1. The van der Waals surface area contributed by atoms with Crippen molar-refractivity contribution in [1.29, 1.82) is 0 Å². The summed E-state index contributed by atoms with van der Waals surface area (Å²) < 4.78 is 33.2. The fourth-order valence-electron chi connectivity index (χ4n) is 11.2. The van der Waals surface area contributed by atoms with Crippen molar-refractivity contribution < 1.29 is 86.0 Å². The van der Waals surface area contributed by atoms with Crippen molar-refractivity contribution in [2.24, 2.45) is 5.73 Å². The first-order chi connectivity index (χ1) is 51.2. The molecule has 6 saturated heterocycles. The van der Waals surface area contributed by atoms with Crippen LogP contribution >= 0.6 is 80.4 Å². The molecule has 0 spiro atoms. The summed E-state index contributed by atoms with van der Waals surface area (Å²) in [5.74, 6) is -2.38. The summed E-state index contributed by atoms with van der Waals surface area (Å²) in [6, 6.07) is 30.7. The van der Waals surface area contributed by atoms with Gasteiger partial charge in [0.15, 0.2) is 0 Å². The zero-order valence-electron chi connectivity index (χ0n) is 58.6. The Bertz CT molecular complexity index is 4170. The minimum Gasteiger partial charge on any atom is -0.442 e. The van der Waals surface area contributed by atoms with E-state index < -0.39 is 54.3 Å². The topological polar surface area (TPSA) is 331 Å². The van der Waals surface area contributed by atoms with Crippen molar-refractivity contribution in [1.82, 2.24) is 24.9 Å². The molecule has 0 radical (unpaired) electrons. The highest BCUT2D eigenvalue weighted by molar-refractivity contribution is 7.18. The first-order valence-corrected chi connectivity index (χ1v) is 37.5. The van der Waals surface area contributed by atoms with Gasteiger partial charge in [0.1, 0.15) is 38.1 Å². The highest BCUT2D eigenvalue weighted by atomic mass is 35.5. The number of ether oxygens (including phenoxy) is 6. The maximum Gasteiger partial charge on any atom is 0.414 e. The third kappa shape index (κ3) is 23.2. The molecule has 6 aromatic rings. The lowest BCUT2D eigenvalue weighted by atomic mass is 10.2. The molecular weight excluding hydrogens is 1530 g/mol. The lowest BCUT2D eigenvalue weighted by molar-refractivity contribution is -0.130. The average Bonchev–Trinajstić information content (AvgIpc) is 1.71. The number of rotatable bonds is 23. The molecule has 3 N–H and O–H groups in total. The van der Waals surface area contributed by atoms with E-state index in [9.17, 15) is 57.5 Å². The first kappa shape index (κ1) is 82.4. The van der Waals surface area contributed by atoms with Crippen molar-refractivity contribution in [2.45, 2.75) is 37.6 Å². The zero-order valence-corrected chi connectivity index (χ0v) is 64.1. The van der Waals surface area contributed by atoms with Crippen LogP contribution in [-0.2, 0) is 57.2 Å². The molecule has 0 saturated carbocycles. The van der Waals surface area contributed by atoms with Crippen LogP contribution < -0.4 is 40.4 Å². The van der Waals surface area contributed by atoms with Gasteiger partial charge in [-0.2, -0.15) is 0 Å². The lowest BCUT2D eigenvalue weighted by Crippen LogP contribution is -2.43. The molecule has 3 atom stereocenters. The molecule has 107 heavy (non-hydrogen) atoms. The number of carbonyl (C=O) groups is 12. The van der Waals surface area contributed by atoms with Crippen LogP contribution in [0.5, 0.6) is 0 Å². The van der Waals surface area contributed by atoms with E-state index in [1.54, 1.807) is 124 Å². The number of cyclic esters (lactones) is 3. The highest BCUT2D eigenvalue weighted by Gasteiger charge is 2.40. The van der Waals surface area contributed by atoms with Crippen LogP contribution in [0.15, 0.2) is 109 Å². The van der Waals surface area contributed by atoms with Crippen LogP contribution in [0.4, 0.5) is 48.5 Å². The van der Waals surface area contributed by atoms with Gasteiger partial charge in [-0.25, -0.2) is 14.4 Å². The third-order valence-corrected chi connectivity index (χ3v) is 20.5. The van der Waals surface area contributed by atoms with Crippen molar-refractivity contribution in [3.63, 3.8) is 0 Å². The summed E-state index contributed by atoms with van der Waals surface area (Å²) in [4.78, 5) is 164. The Morgan fingerprint density at radius 1 is 0.449 bits per heavy atom. The zero-order chi connectivity index (χ0) is 77.0. The fourth-order valence-corrected chi connectivity index (χ4v) is 14.2. The second kappa shape index (κ2) is 39.4. The van der Waals surface area contributed by atoms with E-state index in [0.717, 1.165) is 44.7 Å². The fraction of sp³-hybridized carbons (Fsp3) is 0.400. The largest absolute Gasteiger partial charge is 0.442 e. The number of nitrogens with two attached hydrogens (primary N) is 1. The van der Waals surface area contributed by atoms with Crippen molar-refractivity contribution >= 4 is 185 Å². The molecule has 572 valence electrons. The molecular formula is C70H78Cl4N12O18S3. The average molecular weight is 1610 g/mol. The molecule has 0 unspecified atom stereocenters. The van der Waals surface area contributed by atoms with E-state index in [-0.39, 0.29) is 107 Å². The smallest absolute Gasteiger partial charge is 0.414 e. The van der Waals surface area contributed by atoms with E-state index in [4.69, 9.17) is 80.6 Å². The Morgan fingerprint density at radius 3 is 1.07 bits per heavy atom. The number of imide groups is 2. The highest BCUT2D eigenvalue weighted by Crippen LogP contribution is 2.32. The van der Waals surface area contributed by atoms with Gasteiger partial charge in [-0.3, -0.25) is 67.7 Å². The minimum absolute atomic E-state index is 0.0169. The van der Waals surface area contributed by atoms with Gasteiger partial charge in [-0.1, -0.05) is 34.8 Å². The van der Waals surface area contributed by atoms with Crippen LogP contribution in [-0.4, -0.2) is 255 Å². The van der Waals surface area contributed by atoms with E-state index in [1.807, 2.05) is 38.0 Å². The molecule has 0 bridgehead atoms. The Morgan fingerprint density at radius 2 is 0.766 bits per heavy atom. The summed E-state index contributed by atoms with van der Waals surface area (Å²) in [5, 5.41) is 2.49. The molecule has 12 rings (SSSR count). The first-order valence-electron chi connectivity index (χ1n) is 33.5. The van der Waals surface area contributed by atoms with Crippen LogP contribution in [0.2, 0.25) is 13.0 Å². The Labute approximate surface area is 648 Å². The summed E-state index contributed by atoms with van der Waals surface area (Å²) in [7, 11) is 7.49. The van der Waals surface area contributed by atoms with Gasteiger partial charge in [-0.15, -0.1) is 34.0 Å². The van der Waals surface area contributed by atoms with Crippen molar-refractivity contribution in [2.75, 3.05) is 176 Å². The number of hydrogen-bond acceptors (Lipinski definition) is 24. The van der Waals surface area contributed by atoms with E-state index in [2.05, 4.69) is 5.32 Å². The van der Waals surface area contributed by atoms with E-state index >= 15 is 0 Å². The summed E-state index contributed by atoms with van der Waals surface area (Å²) in [5.41, 5.74) is 9.53. The van der Waals surface area contributed by atoms with Crippen LogP contribution in [0, 0.1) is 0 Å². The van der Waals surface area contributed by atoms with Crippen LogP contribution in [0.3, 0.4) is 0 Å². The van der Waals surface area contributed by atoms with E-state index in [0.29, 0.717) is 115 Å². The molecule has 37 heteroatoms. The molecule has 3 aromatic heterocycles. The predicted molar refractivity (Wildman–Crippen MR) is 405 cm³/mol. The Balaban J connectivity index is 0.000000177. The monoisotopic (exact) mass is 1610 g/mol. The number of halogens is 4. The molecule has 6 aliphatic heterocycles. The molecule has 6 fully saturated rings. The Hall–Kier alpha value is -8.68. The second-order valence-corrected chi connectivity index (χ2v) is 30.4. The molecule has 30 nitrogen and oxygen atoms in total. The maximum atomic E-state index is 13.1. The summed E-state index contributed by atoms with van der Waals surface area (Å²) >= 11 is 26.2. The molecule has 11 amide bonds. The number of morpholine rings is 3. The normalized spacial score (nSPS) is 17.9. The molecule has 0 aliphatic carbocycles. The number of nitrogens with zero attached hydrogens (tertiary/aromatic N) is 10. The maximum absolute atomic E-state index is 13.1. The Kier molecular flexibility index (Phi) is 30.4. The number of hydrogen-bond donors (Lipinski definition) is 2. The van der Waals surface area contributed by atoms with Gasteiger partial charge < -0.3 is 64.0 Å². The number of amides is 11. The van der Waals surface area contributed by atoms with Crippen molar-refractivity contribution in [3.8, 4) is 0 Å². The predicted octanol–water partition coefficient (Wildman–Crippen LogP) is 8.04. The van der Waals surface area contributed by atoms with Gasteiger partial charge in [0.25, 0.3) is 35.4 Å². The van der Waals surface area contributed by atoms with Gasteiger partial charge in [0.05, 0.1) is 86.7 Å². The van der Waals surface area contributed by atoms with Crippen LogP contribution in [0.25, 0.3) is 0 Å². The number of carbonyl (C=O) groups excluding carboxylic acids is 12. The molecule has 6 aliphatic rings. The van der Waals surface area contributed by atoms with E-state index in [1.165, 1.54) is 26.0 Å². The molecule has 3 aromatic carbocycles. The second-order valence-electron chi connectivity index (χ2n) is 24.8. The number of thiophene rings is 3. The molecule has 9 heterocycles. The summed E-state index contributed by atoms with van der Waals surface area (Å²) in [6.45, 7) is 4.99. The van der Waals surface area contributed by atoms with Gasteiger partial charge in [0.2, 0.25) is 17.1 Å². The minimum atomic E-state index is -0.714. The lowest BCUT2D eigenvalue weighted by Gasteiger charge is -2.27. The van der Waals surface area contributed by atoms with Crippen LogP contribution in [0.1, 0.15) is 48.3 Å². The standard InChI is InChI=1S/C24H27ClN4O6S.C22H23ClN4O6S.C19H18ClN3O5S.C5H10ClNO/c1-26(2)10-9-21(30)29(23(32)19-7-8-20(25)36-19)14-18-13-28(24(33)35-18)17-5-3-16(4-6-17)27-11-12-34-15-22(27)31;23-18-6-5-17(34-18)21(30)27(19(28)7-8-24)12-16-11-26(22(31)33-16)15-3-1-14(2-4-15)25-9-10-32-13-20(25)29;20-16-6-5-15(29-16)18(25)21-9-14-10-23(19(26)28-14)13-3-1-12(2-4-13)22-7-8-27-11-17(22)24;1-7(2)4-3-5(6)8/h3-8,18H,9-15H2,1-2H3;1-6,16H,7-13,24H2;1-6,14H,7-11H2,(H,21,25);3-4H2,1-2H3/t18-;16-;14-;/m110./s1. The summed E-state index contributed by atoms with van der Waals surface area (Å²) in [6.07, 6.45) is -2.92. The SMILES string of the molecule is CN(C)CCC(=O)Cl.CN(C)CCC(=O)N(C[C@H]1CN(c2ccc(N3CCOCC3=O)cc2)C(=O)O1)C(=O)c1ccc(Cl)s1.NCCC(=O)N(C[C@H]1CN(c2ccc(N3CCOCC3=O)cc2)C(=O)O1)C(=O)c1ccc(Cl)s1.O=C(NC[C@H]1CN(c2ccc(N3CCOCC3=O)cc2)C(=O)O1)c1ccc(Cl)s1. The van der Waals surface area contributed by atoms with Gasteiger partial charge >= 0.3 is 18.3 Å². The number of anilines is 6. The van der Waals surface area contributed by atoms with Gasteiger partial charge in [0, 0.05) is 92.7 Å². The van der Waals surface area contributed by atoms with Gasteiger partial charge in [-0.05, 0) is 149 Å². The quantitative estimate of drug-likeness (QED) is 0.0452. The van der Waals surface area contributed by atoms with Crippen molar-refractivity contribution in [3.05, 3.63) is 137 Å². The number of benzene rings is 3. The third-order valence-electron chi connectivity index (χ3n) is 16.6.